The second kappa shape index (κ2) is 8.20. The van der Waals surface area contributed by atoms with Crippen LogP contribution < -0.4 is 10.6 Å². The van der Waals surface area contributed by atoms with Crippen molar-refractivity contribution >= 4 is 34.5 Å². The third kappa shape index (κ3) is 4.19. The summed E-state index contributed by atoms with van der Waals surface area (Å²) < 4.78 is 0. The maximum Gasteiger partial charge on any atom is 0.193 e. The van der Waals surface area contributed by atoms with Gasteiger partial charge in [-0.3, -0.25) is 9.59 Å². The van der Waals surface area contributed by atoms with E-state index in [1.807, 2.05) is 72.8 Å². The van der Waals surface area contributed by atoms with Gasteiger partial charge in [0.15, 0.2) is 11.6 Å². The Balaban J connectivity index is 1.61. The van der Waals surface area contributed by atoms with Crippen LogP contribution in [0.4, 0.5) is 11.4 Å². The summed E-state index contributed by atoms with van der Waals surface area (Å²) in [5, 5.41) is 7.70. The number of ketones is 2. The summed E-state index contributed by atoms with van der Waals surface area (Å²) in [6, 6.07) is 22.1. The van der Waals surface area contributed by atoms with Crippen LogP contribution in [0.1, 0.15) is 54.2 Å². The predicted molar refractivity (Wildman–Crippen MR) is 133 cm³/mol. The highest BCUT2D eigenvalue weighted by Crippen LogP contribution is 2.45. The maximum absolute atomic E-state index is 13.4. The van der Waals surface area contributed by atoms with E-state index in [4.69, 9.17) is 11.6 Å². The Morgan fingerprint density at radius 3 is 2.45 bits per heavy atom. The molecule has 0 spiro atoms. The summed E-state index contributed by atoms with van der Waals surface area (Å²) in [6.07, 6.45) is 1.23. The van der Waals surface area contributed by atoms with Gasteiger partial charge in [-0.1, -0.05) is 67.9 Å². The monoisotopic (exact) mass is 456 g/mol. The lowest BCUT2D eigenvalue weighted by Gasteiger charge is -2.34. The van der Waals surface area contributed by atoms with Crippen molar-refractivity contribution in [3.8, 4) is 0 Å². The number of hydrogen-bond acceptors (Lipinski definition) is 4. The molecule has 166 valence electrons. The molecule has 1 atom stereocenters. The molecule has 2 N–H and O–H groups in total. The largest absolute Gasteiger partial charge is 0.372 e. The first-order valence-corrected chi connectivity index (χ1v) is 11.5. The van der Waals surface area contributed by atoms with Gasteiger partial charge in [-0.25, -0.2) is 0 Å². The standard InChI is InChI=1S/C28H25ClN2O2/c1-28(2)15-23-25(24(32)16-28)26(18-9-6-10-20(29)13-18)31-21-12-11-19(14-22(21)30-23)27(33)17-7-4-3-5-8-17/h3-14,26,30-31H,15-16H2,1-2H3/t26-/m1/s1. The van der Waals surface area contributed by atoms with Crippen LogP contribution in [0.5, 0.6) is 0 Å². The Labute approximate surface area is 198 Å². The topological polar surface area (TPSA) is 58.2 Å². The zero-order valence-corrected chi connectivity index (χ0v) is 19.4. The molecule has 33 heavy (non-hydrogen) atoms. The molecule has 2 aliphatic rings. The summed E-state index contributed by atoms with van der Waals surface area (Å²) in [7, 11) is 0. The lowest BCUT2D eigenvalue weighted by atomic mass is 9.73. The van der Waals surface area contributed by atoms with Crippen LogP contribution in [0, 0.1) is 5.41 Å². The minimum Gasteiger partial charge on any atom is -0.372 e. The highest BCUT2D eigenvalue weighted by molar-refractivity contribution is 6.30. The Morgan fingerprint density at radius 2 is 1.70 bits per heavy atom. The highest BCUT2D eigenvalue weighted by Gasteiger charge is 2.38. The normalized spacial score (nSPS) is 19.0. The molecule has 0 radical (unpaired) electrons. The molecule has 0 amide bonds. The molecule has 1 aliphatic carbocycles. The van der Waals surface area contributed by atoms with Gasteiger partial charge >= 0.3 is 0 Å². The van der Waals surface area contributed by atoms with Crippen LogP contribution >= 0.6 is 11.6 Å². The van der Waals surface area contributed by atoms with Crippen molar-refractivity contribution in [1.29, 1.82) is 0 Å². The minimum atomic E-state index is -0.327. The second-order valence-electron chi connectivity index (χ2n) is 9.55. The Hall–Kier alpha value is -3.37. The average Bonchev–Trinajstić information content (AvgIpc) is 2.94. The molecular formula is C28H25ClN2O2. The van der Waals surface area contributed by atoms with E-state index in [-0.39, 0.29) is 23.0 Å². The van der Waals surface area contributed by atoms with Crippen LogP contribution in [-0.4, -0.2) is 11.6 Å². The van der Waals surface area contributed by atoms with E-state index in [9.17, 15) is 9.59 Å². The number of benzene rings is 3. The third-order valence-corrected chi connectivity index (χ3v) is 6.53. The van der Waals surface area contributed by atoms with E-state index in [1.165, 1.54) is 0 Å². The van der Waals surface area contributed by atoms with Crippen LogP contribution in [0.3, 0.4) is 0 Å². The number of carbonyl (C=O) groups excluding carboxylic acids is 2. The van der Waals surface area contributed by atoms with Crippen molar-refractivity contribution in [2.45, 2.75) is 32.7 Å². The van der Waals surface area contributed by atoms with Crippen LogP contribution in [0.2, 0.25) is 5.02 Å². The molecule has 1 heterocycles. The van der Waals surface area contributed by atoms with E-state index in [2.05, 4.69) is 24.5 Å². The second-order valence-corrected chi connectivity index (χ2v) is 9.98. The van der Waals surface area contributed by atoms with E-state index in [1.54, 1.807) is 0 Å². The Kier molecular flexibility index (Phi) is 5.34. The number of allylic oxidation sites excluding steroid dienone is 1. The Bertz CT molecular complexity index is 1290. The van der Waals surface area contributed by atoms with E-state index < -0.39 is 0 Å². The number of rotatable bonds is 3. The van der Waals surface area contributed by atoms with E-state index >= 15 is 0 Å². The lowest BCUT2D eigenvalue weighted by Crippen LogP contribution is -2.31. The number of fused-ring (bicyclic) bond motifs is 1. The first-order valence-electron chi connectivity index (χ1n) is 11.1. The van der Waals surface area contributed by atoms with E-state index in [0.717, 1.165) is 34.6 Å². The Morgan fingerprint density at radius 1 is 0.909 bits per heavy atom. The molecule has 0 saturated heterocycles. The number of hydrogen-bond donors (Lipinski definition) is 2. The fourth-order valence-corrected chi connectivity index (χ4v) is 4.98. The molecule has 0 aromatic heterocycles. The lowest BCUT2D eigenvalue weighted by molar-refractivity contribution is -0.118. The van der Waals surface area contributed by atoms with Crippen LogP contribution in [-0.2, 0) is 4.79 Å². The van der Waals surface area contributed by atoms with Gasteiger partial charge in [0.05, 0.1) is 17.4 Å². The fraction of sp³-hybridized carbons (Fsp3) is 0.214. The van der Waals surface area contributed by atoms with Crippen molar-refractivity contribution in [1.82, 2.24) is 0 Å². The van der Waals surface area contributed by atoms with Gasteiger partial charge in [-0.05, 0) is 47.7 Å². The average molecular weight is 457 g/mol. The van der Waals surface area contributed by atoms with Gasteiger partial charge in [0.1, 0.15) is 0 Å². The van der Waals surface area contributed by atoms with Gasteiger partial charge in [-0.2, -0.15) is 0 Å². The number of anilines is 2. The van der Waals surface area contributed by atoms with Crippen molar-refractivity contribution < 1.29 is 9.59 Å². The summed E-state index contributed by atoms with van der Waals surface area (Å²) in [5.41, 5.74) is 5.29. The maximum atomic E-state index is 13.4. The molecular weight excluding hydrogens is 432 g/mol. The van der Waals surface area contributed by atoms with Crippen LogP contribution in [0.25, 0.3) is 0 Å². The van der Waals surface area contributed by atoms with Gasteiger partial charge in [-0.15, -0.1) is 0 Å². The van der Waals surface area contributed by atoms with Gasteiger partial charge < -0.3 is 10.6 Å². The van der Waals surface area contributed by atoms with Gasteiger partial charge in [0, 0.05) is 33.8 Å². The van der Waals surface area contributed by atoms with Gasteiger partial charge in [0.25, 0.3) is 0 Å². The van der Waals surface area contributed by atoms with E-state index in [0.29, 0.717) is 22.6 Å². The SMILES string of the molecule is CC1(C)CC(=O)C2=C(C1)Nc1cc(C(=O)c3ccccc3)ccc1N[C@@H]2c1cccc(Cl)c1. The molecule has 0 saturated carbocycles. The van der Waals surface area contributed by atoms with Crippen molar-refractivity contribution in [2.75, 3.05) is 10.6 Å². The molecule has 5 heteroatoms. The number of Topliss-reactive ketones (excluding diaryl/α,β-unsaturated/α-hetero) is 1. The quantitative estimate of drug-likeness (QED) is 0.426. The van der Waals surface area contributed by atoms with Crippen molar-refractivity contribution in [3.63, 3.8) is 0 Å². The zero-order chi connectivity index (χ0) is 23.2. The zero-order valence-electron chi connectivity index (χ0n) is 18.6. The number of nitrogens with one attached hydrogen (secondary N) is 2. The van der Waals surface area contributed by atoms with Crippen molar-refractivity contribution in [2.24, 2.45) is 5.41 Å². The summed E-state index contributed by atoms with van der Waals surface area (Å²) in [5.74, 6) is 0.0877. The molecule has 0 bridgehead atoms. The highest BCUT2D eigenvalue weighted by atomic mass is 35.5. The molecule has 4 nitrogen and oxygen atoms in total. The molecule has 0 unspecified atom stereocenters. The van der Waals surface area contributed by atoms with Gasteiger partial charge in [0.2, 0.25) is 0 Å². The number of carbonyl (C=O) groups is 2. The molecule has 0 fully saturated rings. The summed E-state index contributed by atoms with van der Waals surface area (Å²) in [6.45, 7) is 4.22. The first-order chi connectivity index (χ1) is 15.8. The fourth-order valence-electron chi connectivity index (χ4n) is 4.78. The predicted octanol–water partition coefficient (Wildman–Crippen LogP) is 6.79. The first kappa shape index (κ1) is 21.5. The summed E-state index contributed by atoms with van der Waals surface area (Å²) in [4.78, 5) is 26.4. The molecule has 3 aromatic carbocycles. The third-order valence-electron chi connectivity index (χ3n) is 6.29. The summed E-state index contributed by atoms with van der Waals surface area (Å²) >= 11 is 6.29. The minimum absolute atomic E-state index is 0.0370. The molecule has 1 aliphatic heterocycles. The van der Waals surface area contributed by atoms with Crippen LogP contribution in [0.15, 0.2) is 84.1 Å². The number of halogens is 1. The van der Waals surface area contributed by atoms with Crippen molar-refractivity contribution in [3.05, 3.63) is 106 Å². The molecule has 3 aromatic rings. The smallest absolute Gasteiger partial charge is 0.193 e. The molecule has 5 rings (SSSR count).